The van der Waals surface area contributed by atoms with Crippen LogP contribution in [0.2, 0.25) is 0 Å². The molecule has 0 aromatic heterocycles. The van der Waals surface area contributed by atoms with Gasteiger partial charge < -0.3 is 16.2 Å². The zero-order valence-electron chi connectivity index (χ0n) is 5.26. The fourth-order valence-electron chi connectivity index (χ4n) is 0.118. The highest BCUT2D eigenvalue weighted by molar-refractivity contribution is 6.62. The van der Waals surface area contributed by atoms with Gasteiger partial charge in [-0.15, -0.1) is 0 Å². The molecule has 0 fully saturated rings. The van der Waals surface area contributed by atoms with Crippen molar-refractivity contribution in [3.63, 3.8) is 0 Å². The Hall–Kier alpha value is -0.320. The molecule has 0 heterocycles. The predicted molar refractivity (Wildman–Crippen MR) is 36.4 cm³/mol. The third kappa shape index (κ3) is 87.8. The molecule has 0 aliphatic rings. The molecule has 0 saturated heterocycles. The summed E-state index contributed by atoms with van der Waals surface area (Å²) in [6.45, 7) is 1.29. The summed E-state index contributed by atoms with van der Waals surface area (Å²) in [6.07, 6.45) is 0. The van der Waals surface area contributed by atoms with E-state index in [-0.39, 0.29) is 0 Å². The van der Waals surface area contributed by atoms with Gasteiger partial charge in [-0.1, -0.05) is 0 Å². The summed E-state index contributed by atoms with van der Waals surface area (Å²) < 4.78 is 4.57. The van der Waals surface area contributed by atoms with Crippen LogP contribution in [0.3, 0.4) is 0 Å². The van der Waals surface area contributed by atoms with Gasteiger partial charge >= 0.3 is 5.37 Å². The lowest BCUT2D eigenvalue weighted by atomic mass is 10.7. The van der Waals surface area contributed by atoms with Gasteiger partial charge in [-0.3, -0.25) is 4.79 Å². The fourth-order valence-corrected chi connectivity index (χ4v) is 0.118. The zero-order valence-corrected chi connectivity index (χ0v) is 6.02. The second-order valence-electron chi connectivity index (χ2n) is 1.09. The maximum atomic E-state index is 8.99. The van der Waals surface area contributed by atoms with E-state index in [0.29, 0.717) is 13.2 Å². The molecule has 56 valence electrons. The van der Waals surface area contributed by atoms with Gasteiger partial charge in [-0.05, 0) is 11.6 Å². The maximum absolute atomic E-state index is 8.99. The van der Waals surface area contributed by atoms with Crippen LogP contribution in [0.15, 0.2) is 0 Å². The molecule has 0 aromatic carbocycles. The van der Waals surface area contributed by atoms with Crippen LogP contribution in [0.1, 0.15) is 0 Å². The molecule has 0 bridgehead atoms. The van der Waals surface area contributed by atoms with Gasteiger partial charge in [-0.25, -0.2) is 0 Å². The van der Waals surface area contributed by atoms with Crippen LogP contribution >= 0.6 is 11.6 Å². The van der Waals surface area contributed by atoms with Gasteiger partial charge in [0.05, 0.1) is 6.61 Å². The molecule has 0 aliphatic heterocycles. The molecular weight excluding hydrogens is 144 g/mol. The van der Waals surface area contributed by atoms with E-state index in [9.17, 15) is 0 Å². The molecule has 1 amide bonds. The minimum atomic E-state index is -0.861. The van der Waals surface area contributed by atoms with Crippen LogP contribution in [-0.4, -0.2) is 25.6 Å². The van der Waals surface area contributed by atoms with E-state index in [1.54, 1.807) is 7.11 Å². The number of primary amides is 1. The van der Waals surface area contributed by atoms with Crippen LogP contribution in [0.4, 0.5) is 4.79 Å². The van der Waals surface area contributed by atoms with Crippen LogP contribution in [0, 0.1) is 0 Å². The molecule has 9 heavy (non-hydrogen) atoms. The van der Waals surface area contributed by atoms with Gasteiger partial charge in [0.15, 0.2) is 0 Å². The molecule has 0 radical (unpaired) electrons. The highest BCUT2D eigenvalue weighted by atomic mass is 35.5. The molecule has 0 unspecified atom stereocenters. The Labute approximate surface area is 59.1 Å². The number of halogens is 1. The molecule has 0 spiro atoms. The SMILES string of the molecule is COCCN.NC(=O)Cl. The molecule has 0 atom stereocenters. The molecule has 4 N–H and O–H groups in total. The Morgan fingerprint density at radius 2 is 2.11 bits per heavy atom. The van der Waals surface area contributed by atoms with Gasteiger partial charge in [-0.2, -0.15) is 0 Å². The average Bonchev–Trinajstić information content (AvgIpc) is 1.66. The van der Waals surface area contributed by atoms with Crippen molar-refractivity contribution in [3.8, 4) is 0 Å². The largest absolute Gasteiger partial charge is 0.383 e. The van der Waals surface area contributed by atoms with Crippen molar-refractivity contribution in [2.24, 2.45) is 11.5 Å². The van der Waals surface area contributed by atoms with Crippen molar-refractivity contribution in [2.75, 3.05) is 20.3 Å². The minimum Gasteiger partial charge on any atom is -0.383 e. The number of amides is 1. The van der Waals surface area contributed by atoms with E-state index in [4.69, 9.17) is 10.5 Å². The number of methoxy groups -OCH3 is 1. The smallest absolute Gasteiger partial charge is 0.311 e. The van der Waals surface area contributed by atoms with Crippen molar-refractivity contribution in [1.82, 2.24) is 0 Å². The number of carbonyl (C=O) groups is 1. The Kier molecular flexibility index (Phi) is 13.5. The van der Waals surface area contributed by atoms with Crippen LogP contribution in [0.5, 0.6) is 0 Å². The van der Waals surface area contributed by atoms with Crippen molar-refractivity contribution in [3.05, 3.63) is 0 Å². The normalized spacial score (nSPS) is 7.44. The number of carbonyl (C=O) groups excluding carboxylic acids is 1. The van der Waals surface area contributed by atoms with E-state index in [2.05, 4.69) is 22.1 Å². The molecular formula is C4H11ClN2O2. The molecule has 5 heteroatoms. The summed E-state index contributed by atoms with van der Waals surface area (Å²) in [5.74, 6) is 0. The lowest BCUT2D eigenvalue weighted by molar-refractivity contribution is 0.207. The van der Waals surface area contributed by atoms with Crippen molar-refractivity contribution < 1.29 is 9.53 Å². The van der Waals surface area contributed by atoms with E-state index in [0.717, 1.165) is 0 Å². The van der Waals surface area contributed by atoms with Gasteiger partial charge in [0.2, 0.25) is 0 Å². The topological polar surface area (TPSA) is 78.3 Å². The van der Waals surface area contributed by atoms with E-state index < -0.39 is 5.37 Å². The molecule has 0 saturated carbocycles. The van der Waals surface area contributed by atoms with Crippen molar-refractivity contribution in [1.29, 1.82) is 0 Å². The second-order valence-corrected chi connectivity index (χ2v) is 1.46. The van der Waals surface area contributed by atoms with Crippen molar-refractivity contribution in [2.45, 2.75) is 0 Å². The molecule has 0 rings (SSSR count). The third-order valence-corrected chi connectivity index (χ3v) is 0.322. The average molecular weight is 155 g/mol. The lowest BCUT2D eigenvalue weighted by Crippen LogP contribution is -2.05. The Morgan fingerprint density at radius 3 is 2.11 bits per heavy atom. The summed E-state index contributed by atoms with van der Waals surface area (Å²) in [4.78, 5) is 8.99. The summed E-state index contributed by atoms with van der Waals surface area (Å²) in [5, 5.41) is -0.861. The van der Waals surface area contributed by atoms with Gasteiger partial charge in [0.25, 0.3) is 0 Å². The number of hydrogen-bond acceptors (Lipinski definition) is 3. The molecule has 0 aromatic rings. The number of ether oxygens (including phenoxy) is 1. The maximum Gasteiger partial charge on any atom is 0.311 e. The van der Waals surface area contributed by atoms with Crippen LogP contribution in [0.25, 0.3) is 0 Å². The Morgan fingerprint density at radius 1 is 1.78 bits per heavy atom. The third-order valence-electron chi connectivity index (χ3n) is 0.322. The summed E-state index contributed by atoms with van der Waals surface area (Å²) >= 11 is 4.41. The number of nitrogens with two attached hydrogens (primary N) is 2. The van der Waals surface area contributed by atoms with E-state index in [1.807, 2.05) is 0 Å². The van der Waals surface area contributed by atoms with E-state index in [1.165, 1.54) is 0 Å². The lowest BCUT2D eigenvalue weighted by Gasteiger charge is -1.85. The Balaban J connectivity index is 0. The first kappa shape index (κ1) is 11.5. The standard InChI is InChI=1S/C3H9NO.CH2ClNO/c1-5-3-2-4;2-1(3)4/h2-4H2,1H3;(H2,3,4). The zero-order chi connectivity index (χ0) is 7.70. The minimum absolute atomic E-state index is 0.622. The number of rotatable bonds is 2. The molecule has 0 aliphatic carbocycles. The highest BCUT2D eigenvalue weighted by Gasteiger charge is 1.66. The van der Waals surface area contributed by atoms with Gasteiger partial charge in [0, 0.05) is 13.7 Å². The predicted octanol–water partition coefficient (Wildman–Crippen LogP) is -0.105. The van der Waals surface area contributed by atoms with E-state index >= 15 is 0 Å². The first-order valence-corrected chi connectivity index (χ1v) is 2.66. The summed E-state index contributed by atoms with van der Waals surface area (Å²) in [7, 11) is 1.63. The first-order valence-electron chi connectivity index (χ1n) is 2.29. The fraction of sp³-hybridized carbons (Fsp3) is 0.750. The highest BCUT2D eigenvalue weighted by Crippen LogP contribution is 1.62. The summed E-state index contributed by atoms with van der Waals surface area (Å²) in [6, 6.07) is 0. The van der Waals surface area contributed by atoms with Crippen LogP contribution in [-0.2, 0) is 4.74 Å². The van der Waals surface area contributed by atoms with Crippen LogP contribution < -0.4 is 11.5 Å². The number of hydrogen-bond donors (Lipinski definition) is 2. The van der Waals surface area contributed by atoms with Gasteiger partial charge in [0.1, 0.15) is 0 Å². The summed E-state index contributed by atoms with van der Waals surface area (Å²) in [5.41, 5.74) is 9.25. The first-order chi connectivity index (χ1) is 4.15. The van der Waals surface area contributed by atoms with Crippen molar-refractivity contribution >= 4 is 17.0 Å². The second kappa shape index (κ2) is 10.6. The Bertz CT molecular complexity index is 63.6. The monoisotopic (exact) mass is 154 g/mol. The molecule has 4 nitrogen and oxygen atoms in total. The quantitative estimate of drug-likeness (QED) is 0.431.